The first-order chi connectivity index (χ1) is 6.90. The summed E-state index contributed by atoms with van der Waals surface area (Å²) in [5, 5.41) is 11.5. The Balaban J connectivity index is 4.11. The summed E-state index contributed by atoms with van der Waals surface area (Å²) < 4.78 is 0. The number of nitrogens with one attached hydrogen (secondary N) is 1. The van der Waals surface area contributed by atoms with E-state index in [4.69, 9.17) is 5.11 Å². The Labute approximate surface area is 90.5 Å². The summed E-state index contributed by atoms with van der Waals surface area (Å²) in [6.07, 6.45) is 0. The molecular formula is C10H20N2O3. The molecule has 0 aromatic carbocycles. The zero-order chi connectivity index (χ0) is 12.0. The van der Waals surface area contributed by atoms with Gasteiger partial charge in [0, 0.05) is 20.1 Å². The van der Waals surface area contributed by atoms with Crippen LogP contribution in [-0.4, -0.2) is 42.1 Å². The molecule has 2 N–H and O–H groups in total. The first kappa shape index (κ1) is 13.7. The van der Waals surface area contributed by atoms with Gasteiger partial charge in [0.25, 0.3) is 0 Å². The first-order valence-electron chi connectivity index (χ1n) is 5.11. The predicted molar refractivity (Wildman–Crippen MR) is 57.7 cm³/mol. The number of hydrogen-bond acceptors (Lipinski definition) is 2. The molecule has 15 heavy (non-hydrogen) atoms. The summed E-state index contributed by atoms with van der Waals surface area (Å²) in [5.41, 5.74) is 0. The first-order valence-corrected chi connectivity index (χ1v) is 5.11. The molecular weight excluding hydrogens is 196 g/mol. The summed E-state index contributed by atoms with van der Waals surface area (Å²) in [7, 11) is 1.67. The van der Waals surface area contributed by atoms with E-state index >= 15 is 0 Å². The highest BCUT2D eigenvalue weighted by Gasteiger charge is 2.22. The molecule has 1 unspecified atom stereocenters. The van der Waals surface area contributed by atoms with E-state index in [1.54, 1.807) is 7.05 Å². The Bertz CT molecular complexity index is 229. The third-order valence-corrected chi connectivity index (χ3v) is 2.42. The molecule has 0 spiro atoms. The van der Waals surface area contributed by atoms with Crippen molar-refractivity contribution >= 4 is 12.0 Å². The molecule has 1 atom stereocenters. The molecule has 0 rings (SSSR count). The highest BCUT2D eigenvalue weighted by molar-refractivity contribution is 5.75. The molecule has 0 heterocycles. The number of carboxylic acids is 1. The lowest BCUT2D eigenvalue weighted by Gasteiger charge is -2.20. The number of rotatable bonds is 5. The second-order valence-electron chi connectivity index (χ2n) is 3.89. The van der Waals surface area contributed by atoms with E-state index in [1.165, 1.54) is 4.90 Å². The summed E-state index contributed by atoms with van der Waals surface area (Å²) in [5.74, 6) is -1.39. The van der Waals surface area contributed by atoms with Gasteiger partial charge in [-0.25, -0.2) is 4.79 Å². The van der Waals surface area contributed by atoms with Crippen molar-refractivity contribution in [2.75, 3.05) is 20.1 Å². The number of carbonyl (C=O) groups excluding carboxylic acids is 1. The maximum Gasteiger partial charge on any atom is 0.317 e. The Morgan fingerprint density at radius 3 is 2.27 bits per heavy atom. The van der Waals surface area contributed by atoms with Gasteiger partial charge in [0.05, 0.1) is 5.92 Å². The molecule has 0 radical (unpaired) electrons. The van der Waals surface area contributed by atoms with Crippen LogP contribution in [0, 0.1) is 11.8 Å². The lowest BCUT2D eigenvalue weighted by atomic mass is 9.96. The number of nitrogens with zero attached hydrogens (tertiary/aromatic N) is 1. The van der Waals surface area contributed by atoms with Gasteiger partial charge in [0.1, 0.15) is 0 Å². The van der Waals surface area contributed by atoms with E-state index in [9.17, 15) is 9.59 Å². The Hall–Kier alpha value is -1.26. The van der Waals surface area contributed by atoms with E-state index in [1.807, 2.05) is 20.8 Å². The van der Waals surface area contributed by atoms with Gasteiger partial charge < -0.3 is 15.3 Å². The monoisotopic (exact) mass is 216 g/mol. The molecule has 0 aromatic rings. The van der Waals surface area contributed by atoms with Gasteiger partial charge in [-0.1, -0.05) is 13.8 Å². The second-order valence-corrected chi connectivity index (χ2v) is 3.89. The standard InChI is InChI=1S/C10H20N2O3/c1-5-12(4)10(15)11-6-8(7(2)3)9(13)14/h7-8H,5-6H2,1-4H3,(H,11,15)(H,13,14). The Kier molecular flexibility index (Phi) is 5.74. The van der Waals surface area contributed by atoms with Crippen molar-refractivity contribution in [2.24, 2.45) is 11.8 Å². The van der Waals surface area contributed by atoms with Crippen molar-refractivity contribution in [3.8, 4) is 0 Å². The molecule has 2 amide bonds. The lowest BCUT2D eigenvalue weighted by molar-refractivity contribution is -0.142. The topological polar surface area (TPSA) is 69.6 Å². The van der Waals surface area contributed by atoms with Crippen molar-refractivity contribution in [1.82, 2.24) is 10.2 Å². The molecule has 0 saturated heterocycles. The van der Waals surface area contributed by atoms with Crippen LogP contribution in [0.1, 0.15) is 20.8 Å². The van der Waals surface area contributed by atoms with Gasteiger partial charge in [-0.3, -0.25) is 4.79 Å². The smallest absolute Gasteiger partial charge is 0.317 e. The van der Waals surface area contributed by atoms with Crippen LogP contribution in [0.2, 0.25) is 0 Å². The molecule has 0 bridgehead atoms. The van der Waals surface area contributed by atoms with E-state index in [0.717, 1.165) is 0 Å². The summed E-state index contributed by atoms with van der Waals surface area (Å²) in [6, 6.07) is -0.232. The maximum absolute atomic E-state index is 11.3. The zero-order valence-electron chi connectivity index (χ0n) is 9.78. The van der Waals surface area contributed by atoms with Crippen LogP contribution >= 0.6 is 0 Å². The van der Waals surface area contributed by atoms with Crippen molar-refractivity contribution in [2.45, 2.75) is 20.8 Å². The van der Waals surface area contributed by atoms with Crippen LogP contribution in [0.15, 0.2) is 0 Å². The zero-order valence-corrected chi connectivity index (χ0v) is 9.78. The van der Waals surface area contributed by atoms with Gasteiger partial charge >= 0.3 is 12.0 Å². The van der Waals surface area contributed by atoms with Crippen LogP contribution in [0.5, 0.6) is 0 Å². The van der Waals surface area contributed by atoms with Crippen molar-refractivity contribution in [1.29, 1.82) is 0 Å². The van der Waals surface area contributed by atoms with Gasteiger partial charge in [0.2, 0.25) is 0 Å². The van der Waals surface area contributed by atoms with Crippen LogP contribution < -0.4 is 5.32 Å². The van der Waals surface area contributed by atoms with Crippen molar-refractivity contribution < 1.29 is 14.7 Å². The average molecular weight is 216 g/mol. The summed E-state index contributed by atoms with van der Waals surface area (Å²) in [6.45, 7) is 6.29. The molecule has 0 aliphatic rings. The quantitative estimate of drug-likeness (QED) is 0.720. The van der Waals surface area contributed by atoms with Crippen molar-refractivity contribution in [3.05, 3.63) is 0 Å². The van der Waals surface area contributed by atoms with Gasteiger partial charge in [-0.15, -0.1) is 0 Å². The number of carbonyl (C=O) groups is 2. The molecule has 5 nitrogen and oxygen atoms in total. The summed E-state index contributed by atoms with van der Waals surface area (Å²) in [4.78, 5) is 23.7. The van der Waals surface area contributed by atoms with E-state index < -0.39 is 11.9 Å². The van der Waals surface area contributed by atoms with E-state index in [-0.39, 0.29) is 18.5 Å². The largest absolute Gasteiger partial charge is 0.481 e. The number of amides is 2. The van der Waals surface area contributed by atoms with Crippen LogP contribution in [0.25, 0.3) is 0 Å². The predicted octanol–water partition coefficient (Wildman–Crippen LogP) is 1.00. The Morgan fingerprint density at radius 2 is 1.93 bits per heavy atom. The third kappa shape index (κ3) is 4.67. The highest BCUT2D eigenvalue weighted by atomic mass is 16.4. The van der Waals surface area contributed by atoms with E-state index in [2.05, 4.69) is 5.32 Å². The second kappa shape index (κ2) is 6.27. The van der Waals surface area contributed by atoms with Crippen molar-refractivity contribution in [3.63, 3.8) is 0 Å². The average Bonchev–Trinajstić information content (AvgIpc) is 2.15. The minimum absolute atomic E-state index is 0.00901. The fourth-order valence-corrected chi connectivity index (χ4v) is 1.08. The number of urea groups is 1. The van der Waals surface area contributed by atoms with Gasteiger partial charge in [-0.05, 0) is 12.8 Å². The molecule has 0 fully saturated rings. The molecule has 0 saturated carbocycles. The van der Waals surface area contributed by atoms with Gasteiger partial charge in [0.15, 0.2) is 0 Å². The normalized spacial score (nSPS) is 12.3. The molecule has 0 aromatic heterocycles. The van der Waals surface area contributed by atoms with E-state index in [0.29, 0.717) is 6.54 Å². The van der Waals surface area contributed by atoms with Crippen LogP contribution in [-0.2, 0) is 4.79 Å². The minimum Gasteiger partial charge on any atom is -0.481 e. The Morgan fingerprint density at radius 1 is 1.40 bits per heavy atom. The SMILES string of the molecule is CCN(C)C(=O)NCC(C(=O)O)C(C)C. The van der Waals surface area contributed by atoms with Crippen LogP contribution in [0.4, 0.5) is 4.79 Å². The molecule has 88 valence electrons. The minimum atomic E-state index is -0.871. The number of aliphatic carboxylic acids is 1. The fraction of sp³-hybridized carbons (Fsp3) is 0.800. The lowest BCUT2D eigenvalue weighted by Crippen LogP contribution is -2.42. The van der Waals surface area contributed by atoms with Crippen LogP contribution in [0.3, 0.4) is 0 Å². The third-order valence-electron chi connectivity index (χ3n) is 2.42. The maximum atomic E-state index is 11.3. The highest BCUT2D eigenvalue weighted by Crippen LogP contribution is 2.09. The number of hydrogen-bond donors (Lipinski definition) is 2. The molecule has 0 aliphatic carbocycles. The molecule has 5 heteroatoms. The van der Waals surface area contributed by atoms with Gasteiger partial charge in [-0.2, -0.15) is 0 Å². The fourth-order valence-electron chi connectivity index (χ4n) is 1.08. The molecule has 0 aliphatic heterocycles. The summed E-state index contributed by atoms with van der Waals surface area (Å²) >= 11 is 0. The number of carboxylic acid groups (broad SMARTS) is 1.